The fraction of sp³-hybridized carbons (Fsp3) is 0.444. The number of benzene rings is 1. The van der Waals surface area contributed by atoms with Gasteiger partial charge in [-0.1, -0.05) is 29.8 Å². The summed E-state index contributed by atoms with van der Waals surface area (Å²) in [5, 5.41) is 12.1. The maximum absolute atomic E-state index is 13.4. The van der Waals surface area contributed by atoms with E-state index in [2.05, 4.69) is 20.8 Å². The minimum Gasteiger partial charge on any atom is -0.349 e. The molecule has 1 atom stereocenters. The Morgan fingerprint density at radius 1 is 1.25 bits per heavy atom. The highest BCUT2D eigenvalue weighted by Gasteiger charge is 2.43. The van der Waals surface area contributed by atoms with Gasteiger partial charge in [0.2, 0.25) is 0 Å². The molecule has 1 aromatic heterocycles. The molecule has 0 radical (unpaired) electrons. The van der Waals surface area contributed by atoms with E-state index in [9.17, 15) is 18.0 Å². The van der Waals surface area contributed by atoms with Gasteiger partial charge in [0.05, 0.1) is 5.69 Å². The maximum atomic E-state index is 13.4. The first-order valence-electron chi connectivity index (χ1n) is 8.77. The SMILES string of the molecule is Cc1ccc(-c2cc(C(=O)NCC(N3CCNCC3)C(F)(F)F)[nH]n2)cc1.Cl. The Morgan fingerprint density at radius 2 is 1.89 bits per heavy atom. The molecule has 0 bridgehead atoms. The average Bonchev–Trinajstić information content (AvgIpc) is 3.12. The number of nitrogens with one attached hydrogen (secondary N) is 3. The van der Waals surface area contributed by atoms with E-state index in [1.165, 1.54) is 11.0 Å². The van der Waals surface area contributed by atoms with Crippen LogP contribution in [0.3, 0.4) is 0 Å². The van der Waals surface area contributed by atoms with Crippen molar-refractivity contribution in [3.05, 3.63) is 41.6 Å². The van der Waals surface area contributed by atoms with Gasteiger partial charge in [0.15, 0.2) is 0 Å². The number of halogens is 4. The van der Waals surface area contributed by atoms with Gasteiger partial charge in [0.1, 0.15) is 11.7 Å². The van der Waals surface area contributed by atoms with Crippen molar-refractivity contribution in [3.8, 4) is 11.3 Å². The predicted molar refractivity (Wildman–Crippen MR) is 103 cm³/mol. The smallest absolute Gasteiger partial charge is 0.349 e. The van der Waals surface area contributed by atoms with Gasteiger partial charge < -0.3 is 10.6 Å². The number of hydrogen-bond acceptors (Lipinski definition) is 4. The number of carbonyl (C=O) groups excluding carboxylic acids is 1. The van der Waals surface area contributed by atoms with Crippen LogP contribution in [0.4, 0.5) is 13.2 Å². The number of alkyl halides is 3. The number of nitrogens with zero attached hydrogens (tertiary/aromatic N) is 2. The quantitative estimate of drug-likeness (QED) is 0.698. The molecule has 3 N–H and O–H groups in total. The summed E-state index contributed by atoms with van der Waals surface area (Å²) in [6.45, 7) is 3.05. The molecule has 2 aromatic rings. The number of rotatable bonds is 5. The van der Waals surface area contributed by atoms with Crippen LogP contribution in [-0.2, 0) is 0 Å². The van der Waals surface area contributed by atoms with Crippen LogP contribution >= 0.6 is 12.4 Å². The number of aryl methyl sites for hydroxylation is 1. The van der Waals surface area contributed by atoms with Crippen molar-refractivity contribution in [1.29, 1.82) is 0 Å². The lowest BCUT2D eigenvalue weighted by atomic mass is 10.1. The first-order chi connectivity index (χ1) is 12.8. The summed E-state index contributed by atoms with van der Waals surface area (Å²) in [5.41, 5.74) is 2.62. The highest BCUT2D eigenvalue weighted by molar-refractivity contribution is 5.93. The third-order valence-electron chi connectivity index (χ3n) is 4.60. The van der Waals surface area contributed by atoms with Gasteiger partial charge in [-0.15, -0.1) is 12.4 Å². The van der Waals surface area contributed by atoms with Gasteiger partial charge in [-0.2, -0.15) is 18.3 Å². The second-order valence-corrected chi connectivity index (χ2v) is 6.59. The van der Waals surface area contributed by atoms with Crippen LogP contribution in [0.15, 0.2) is 30.3 Å². The number of H-pyrrole nitrogens is 1. The number of aromatic amines is 1. The summed E-state index contributed by atoms with van der Waals surface area (Å²) < 4.78 is 40.1. The Morgan fingerprint density at radius 3 is 2.50 bits per heavy atom. The average molecular weight is 418 g/mol. The highest BCUT2D eigenvalue weighted by atomic mass is 35.5. The molecule has 2 heterocycles. The van der Waals surface area contributed by atoms with Crippen molar-refractivity contribution in [3.63, 3.8) is 0 Å². The van der Waals surface area contributed by atoms with Crippen LogP contribution in [0.5, 0.6) is 0 Å². The fourth-order valence-corrected chi connectivity index (χ4v) is 3.04. The van der Waals surface area contributed by atoms with Crippen molar-refractivity contribution in [2.75, 3.05) is 32.7 Å². The zero-order valence-corrected chi connectivity index (χ0v) is 16.2. The third kappa shape index (κ3) is 5.46. The van der Waals surface area contributed by atoms with Gasteiger partial charge >= 0.3 is 6.18 Å². The minimum atomic E-state index is -4.41. The molecule has 154 valence electrons. The maximum Gasteiger partial charge on any atom is 0.405 e. The Hall–Kier alpha value is -2.10. The Labute approximate surface area is 167 Å². The highest BCUT2D eigenvalue weighted by Crippen LogP contribution is 2.25. The summed E-state index contributed by atoms with van der Waals surface area (Å²) in [5.74, 6) is -0.606. The molecule has 1 aliphatic rings. The molecule has 1 saturated heterocycles. The predicted octanol–water partition coefficient (Wildman–Crippen LogP) is 2.37. The summed E-state index contributed by atoms with van der Waals surface area (Å²) in [4.78, 5) is 13.6. The van der Waals surface area contributed by atoms with Crippen LogP contribution in [0.2, 0.25) is 0 Å². The molecule has 0 spiro atoms. The molecule has 0 saturated carbocycles. The number of hydrogen-bond donors (Lipinski definition) is 3. The van der Waals surface area contributed by atoms with E-state index in [0.717, 1.165) is 11.1 Å². The number of aromatic nitrogens is 2. The van der Waals surface area contributed by atoms with Gasteiger partial charge in [0, 0.05) is 38.3 Å². The molecule has 28 heavy (non-hydrogen) atoms. The number of carbonyl (C=O) groups is 1. The number of piperazine rings is 1. The Bertz CT molecular complexity index is 772. The largest absolute Gasteiger partial charge is 0.405 e. The molecule has 1 aromatic carbocycles. The molecule has 6 nitrogen and oxygen atoms in total. The molecule has 0 aliphatic carbocycles. The minimum absolute atomic E-state index is 0. The first kappa shape index (κ1) is 22.2. The molecule has 1 unspecified atom stereocenters. The Balaban J connectivity index is 0.00000280. The zero-order valence-electron chi connectivity index (χ0n) is 15.3. The first-order valence-corrected chi connectivity index (χ1v) is 8.77. The summed E-state index contributed by atoms with van der Waals surface area (Å²) in [6, 6.07) is 7.42. The Kier molecular flexibility index (Phi) is 7.45. The molecule has 10 heteroatoms. The van der Waals surface area contributed by atoms with Crippen LogP contribution < -0.4 is 10.6 Å². The van der Waals surface area contributed by atoms with E-state index >= 15 is 0 Å². The van der Waals surface area contributed by atoms with Gasteiger partial charge in [0.25, 0.3) is 5.91 Å². The van der Waals surface area contributed by atoms with Crippen molar-refractivity contribution < 1.29 is 18.0 Å². The lowest BCUT2D eigenvalue weighted by Crippen LogP contribution is -2.57. The van der Waals surface area contributed by atoms with Gasteiger partial charge in [-0.05, 0) is 13.0 Å². The van der Waals surface area contributed by atoms with Gasteiger partial charge in [-0.3, -0.25) is 14.8 Å². The molecule has 1 aliphatic heterocycles. The second-order valence-electron chi connectivity index (χ2n) is 6.59. The van der Waals surface area contributed by atoms with E-state index in [1.807, 2.05) is 31.2 Å². The van der Waals surface area contributed by atoms with E-state index in [1.54, 1.807) is 0 Å². The van der Waals surface area contributed by atoms with Gasteiger partial charge in [-0.25, -0.2) is 0 Å². The van der Waals surface area contributed by atoms with Crippen molar-refractivity contribution in [2.45, 2.75) is 19.1 Å². The van der Waals surface area contributed by atoms with E-state index in [4.69, 9.17) is 0 Å². The van der Waals surface area contributed by atoms with E-state index in [-0.39, 0.29) is 18.1 Å². The van der Waals surface area contributed by atoms with Crippen molar-refractivity contribution in [2.24, 2.45) is 0 Å². The van der Waals surface area contributed by atoms with Crippen LogP contribution in [0, 0.1) is 6.92 Å². The molecular weight excluding hydrogens is 395 g/mol. The zero-order chi connectivity index (χ0) is 19.4. The summed E-state index contributed by atoms with van der Waals surface area (Å²) in [6.07, 6.45) is -4.41. The normalized spacial score (nSPS) is 16.3. The summed E-state index contributed by atoms with van der Waals surface area (Å²) >= 11 is 0. The van der Waals surface area contributed by atoms with Crippen LogP contribution in [-0.4, -0.2) is 65.9 Å². The van der Waals surface area contributed by atoms with Crippen LogP contribution in [0.25, 0.3) is 11.3 Å². The lowest BCUT2D eigenvalue weighted by Gasteiger charge is -2.35. The molecule has 1 fully saturated rings. The topological polar surface area (TPSA) is 73.1 Å². The van der Waals surface area contributed by atoms with E-state index < -0.39 is 24.7 Å². The summed E-state index contributed by atoms with van der Waals surface area (Å²) in [7, 11) is 0. The molecule has 1 amide bonds. The standard InChI is InChI=1S/C18H22F3N5O.ClH/c1-12-2-4-13(5-3-12)14-10-15(25-24-14)17(27)23-11-16(18(19,20)21)26-8-6-22-7-9-26;/h2-5,10,16,22H,6-9,11H2,1H3,(H,23,27)(H,24,25);1H. The second kappa shape index (κ2) is 9.40. The lowest BCUT2D eigenvalue weighted by molar-refractivity contribution is -0.183. The third-order valence-corrected chi connectivity index (χ3v) is 4.60. The van der Waals surface area contributed by atoms with Crippen molar-refractivity contribution >= 4 is 18.3 Å². The fourth-order valence-electron chi connectivity index (χ4n) is 3.04. The van der Waals surface area contributed by atoms with Crippen LogP contribution in [0.1, 0.15) is 16.1 Å². The van der Waals surface area contributed by atoms with E-state index in [0.29, 0.717) is 31.9 Å². The monoisotopic (exact) mass is 417 g/mol. The molecular formula is C18H23ClF3N5O. The number of amides is 1. The van der Waals surface area contributed by atoms with Crippen molar-refractivity contribution in [1.82, 2.24) is 25.7 Å². The molecule has 3 rings (SSSR count).